The maximum Gasteiger partial charge on any atom is 0.255 e. The number of nitrogens with one attached hydrogen (secondary N) is 3. The molecule has 1 saturated carbocycles. The van der Waals surface area contributed by atoms with Gasteiger partial charge < -0.3 is 21.1 Å². The summed E-state index contributed by atoms with van der Waals surface area (Å²) in [6, 6.07) is 9.30. The summed E-state index contributed by atoms with van der Waals surface area (Å²) in [5, 5.41) is 32.4. The number of amides is 2. The molecule has 212 valence electrons. The molecule has 3 aromatic rings. The predicted molar refractivity (Wildman–Crippen MR) is 149 cm³/mol. The van der Waals surface area contributed by atoms with Crippen molar-refractivity contribution < 1.29 is 19.1 Å². The molecule has 3 aromatic heterocycles. The van der Waals surface area contributed by atoms with E-state index in [1.807, 2.05) is 32.9 Å². The number of carbonyl (C=O) groups excluding carboxylic acids is 2. The zero-order chi connectivity index (χ0) is 29.2. The van der Waals surface area contributed by atoms with Crippen LogP contribution >= 0.6 is 0 Å². The van der Waals surface area contributed by atoms with Crippen LogP contribution in [0.3, 0.4) is 0 Å². The number of aromatic nitrogens is 3. The van der Waals surface area contributed by atoms with Gasteiger partial charge in [0.15, 0.2) is 0 Å². The van der Waals surface area contributed by atoms with E-state index in [9.17, 15) is 24.3 Å². The largest absolute Gasteiger partial charge is 0.387 e. The molecule has 4 rings (SSSR count). The molecular weight excluding hydrogens is 513 g/mol. The first-order chi connectivity index (χ1) is 18.8. The molecule has 4 N–H and O–H groups in total. The SMILES string of the molecule is CC(C)(C)C(=O)NC[C@H]1C[C@H](Nc2cc(-c3ccc4cc(C#N)cnn34)ncc2C(=O)NC[C@@H](F)C(C)(C)O)C1. The Hall–Kier alpha value is -4.04. The zero-order valence-corrected chi connectivity index (χ0v) is 23.5. The predicted octanol–water partition coefficient (Wildman–Crippen LogP) is 3.46. The van der Waals surface area contributed by atoms with E-state index in [1.54, 1.807) is 16.6 Å². The van der Waals surface area contributed by atoms with Crippen molar-refractivity contribution in [1.29, 1.82) is 5.26 Å². The lowest BCUT2D eigenvalue weighted by atomic mass is 9.79. The number of carbonyl (C=O) groups is 2. The summed E-state index contributed by atoms with van der Waals surface area (Å²) in [6.45, 7) is 8.56. The monoisotopic (exact) mass is 549 g/mol. The number of nitrogens with zero attached hydrogens (tertiary/aromatic N) is 4. The minimum atomic E-state index is -1.65. The number of aliphatic hydroxyl groups is 1. The highest BCUT2D eigenvalue weighted by Gasteiger charge is 2.32. The van der Waals surface area contributed by atoms with Gasteiger partial charge in [-0.15, -0.1) is 0 Å². The Morgan fingerprint density at radius 3 is 2.55 bits per heavy atom. The average Bonchev–Trinajstić information content (AvgIpc) is 3.30. The van der Waals surface area contributed by atoms with Crippen LogP contribution in [0.1, 0.15) is 63.4 Å². The summed E-state index contributed by atoms with van der Waals surface area (Å²) < 4.78 is 16.0. The van der Waals surface area contributed by atoms with E-state index < -0.39 is 23.1 Å². The Kier molecular flexibility index (Phi) is 8.12. The number of nitriles is 1. The van der Waals surface area contributed by atoms with Crippen LogP contribution < -0.4 is 16.0 Å². The number of fused-ring (bicyclic) bond motifs is 1. The fourth-order valence-corrected chi connectivity index (χ4v) is 4.42. The molecule has 1 aliphatic rings. The number of halogens is 1. The van der Waals surface area contributed by atoms with Gasteiger partial charge in [-0.2, -0.15) is 10.4 Å². The van der Waals surface area contributed by atoms with Crippen molar-refractivity contribution in [1.82, 2.24) is 25.2 Å². The number of alkyl halides is 1. The molecule has 1 atom stereocenters. The summed E-state index contributed by atoms with van der Waals surface area (Å²) in [5.74, 6) is -0.193. The van der Waals surface area contributed by atoms with Gasteiger partial charge in [-0.05, 0) is 56.9 Å². The molecule has 0 radical (unpaired) electrons. The number of hydrogen-bond acceptors (Lipinski definition) is 7. The molecule has 3 heterocycles. The first-order valence-corrected chi connectivity index (χ1v) is 13.3. The lowest BCUT2D eigenvalue weighted by molar-refractivity contribution is -0.128. The van der Waals surface area contributed by atoms with Crippen molar-refractivity contribution in [2.75, 3.05) is 18.4 Å². The Bertz CT molecular complexity index is 1440. The van der Waals surface area contributed by atoms with Crippen molar-refractivity contribution in [3.8, 4) is 17.5 Å². The third-order valence-corrected chi connectivity index (χ3v) is 7.08. The van der Waals surface area contributed by atoms with Gasteiger partial charge in [-0.3, -0.25) is 14.6 Å². The molecular formula is C29H36FN7O3. The summed E-state index contributed by atoms with van der Waals surface area (Å²) >= 11 is 0. The summed E-state index contributed by atoms with van der Waals surface area (Å²) in [5.41, 5.74) is 1.15. The summed E-state index contributed by atoms with van der Waals surface area (Å²) in [4.78, 5) is 29.8. The lowest BCUT2D eigenvalue weighted by Crippen LogP contribution is -2.45. The first kappa shape index (κ1) is 29.0. The molecule has 1 aliphatic carbocycles. The van der Waals surface area contributed by atoms with E-state index in [0.29, 0.717) is 35.1 Å². The Labute approximate surface area is 233 Å². The summed E-state index contributed by atoms with van der Waals surface area (Å²) in [6.07, 6.45) is 2.88. The number of hydrogen-bond donors (Lipinski definition) is 4. The minimum absolute atomic E-state index is 0.00814. The molecule has 0 bridgehead atoms. The number of pyridine rings is 1. The Morgan fingerprint density at radius 2 is 1.90 bits per heavy atom. The van der Waals surface area contributed by atoms with Crippen LogP contribution in [-0.2, 0) is 4.79 Å². The minimum Gasteiger partial charge on any atom is -0.387 e. The molecule has 0 aliphatic heterocycles. The normalized spacial score (nSPS) is 17.9. The van der Waals surface area contributed by atoms with Gasteiger partial charge in [0.2, 0.25) is 5.91 Å². The average molecular weight is 550 g/mol. The molecule has 2 amide bonds. The summed E-state index contributed by atoms with van der Waals surface area (Å²) in [7, 11) is 0. The molecule has 0 spiro atoms. The van der Waals surface area contributed by atoms with Crippen molar-refractivity contribution in [3.05, 3.63) is 47.8 Å². The van der Waals surface area contributed by atoms with Gasteiger partial charge >= 0.3 is 0 Å². The van der Waals surface area contributed by atoms with Crippen LogP contribution in [0.15, 0.2) is 36.7 Å². The highest BCUT2D eigenvalue weighted by Crippen LogP contribution is 2.33. The molecule has 1 fully saturated rings. The fourth-order valence-electron chi connectivity index (χ4n) is 4.42. The van der Waals surface area contributed by atoms with E-state index in [-0.39, 0.29) is 24.1 Å². The van der Waals surface area contributed by atoms with Gasteiger partial charge in [-0.1, -0.05) is 20.8 Å². The lowest BCUT2D eigenvalue weighted by Gasteiger charge is -2.37. The topological polar surface area (TPSA) is 144 Å². The van der Waals surface area contributed by atoms with Crippen LogP contribution in [0.2, 0.25) is 0 Å². The maximum atomic E-state index is 14.3. The highest BCUT2D eigenvalue weighted by atomic mass is 19.1. The smallest absolute Gasteiger partial charge is 0.255 e. The van der Waals surface area contributed by atoms with Crippen LogP contribution in [0.25, 0.3) is 16.9 Å². The molecule has 10 nitrogen and oxygen atoms in total. The van der Waals surface area contributed by atoms with Crippen molar-refractivity contribution in [2.45, 2.75) is 65.3 Å². The van der Waals surface area contributed by atoms with Crippen molar-refractivity contribution >= 4 is 23.0 Å². The van der Waals surface area contributed by atoms with E-state index in [1.165, 1.54) is 26.2 Å². The molecule has 11 heteroatoms. The van der Waals surface area contributed by atoms with Crippen molar-refractivity contribution in [2.24, 2.45) is 11.3 Å². The fraction of sp³-hybridized carbons (Fsp3) is 0.483. The van der Waals surface area contributed by atoms with Crippen molar-refractivity contribution in [3.63, 3.8) is 0 Å². The van der Waals surface area contributed by atoms with Crippen LogP contribution in [0.4, 0.5) is 10.1 Å². The van der Waals surface area contributed by atoms with E-state index >= 15 is 0 Å². The molecule has 40 heavy (non-hydrogen) atoms. The second-order valence-electron chi connectivity index (χ2n) is 12.0. The van der Waals surface area contributed by atoms with Crippen LogP contribution in [0, 0.1) is 22.7 Å². The number of anilines is 1. The number of rotatable bonds is 9. The van der Waals surface area contributed by atoms with Gasteiger partial charge in [0.05, 0.1) is 52.1 Å². The second kappa shape index (κ2) is 11.2. The van der Waals surface area contributed by atoms with Gasteiger partial charge in [0.1, 0.15) is 12.2 Å². The highest BCUT2D eigenvalue weighted by molar-refractivity contribution is 6.00. The first-order valence-electron chi connectivity index (χ1n) is 13.3. The van der Waals surface area contributed by atoms with E-state index in [0.717, 1.165) is 18.4 Å². The quantitative estimate of drug-likeness (QED) is 0.320. The van der Waals surface area contributed by atoms with E-state index in [4.69, 9.17) is 0 Å². The van der Waals surface area contributed by atoms with Crippen LogP contribution in [0.5, 0.6) is 0 Å². The van der Waals surface area contributed by atoms with E-state index in [2.05, 4.69) is 32.1 Å². The zero-order valence-electron chi connectivity index (χ0n) is 23.5. The maximum absolute atomic E-state index is 14.3. The Balaban J connectivity index is 1.54. The van der Waals surface area contributed by atoms with Crippen LogP contribution in [-0.4, -0.2) is 62.4 Å². The molecule has 0 saturated heterocycles. The Morgan fingerprint density at radius 1 is 1.18 bits per heavy atom. The molecule has 0 unspecified atom stereocenters. The second-order valence-corrected chi connectivity index (χ2v) is 12.0. The third kappa shape index (κ3) is 6.57. The van der Waals surface area contributed by atoms with Gasteiger partial charge in [0.25, 0.3) is 5.91 Å². The third-order valence-electron chi connectivity index (χ3n) is 7.08. The van der Waals surface area contributed by atoms with Gasteiger partial charge in [-0.25, -0.2) is 8.91 Å². The standard InChI is InChI=1S/C29H36FN7O3/c1-28(2,3)27(39)34-13-17-8-19(9-17)36-22-11-23(24-7-6-20-10-18(12-31)14-35-37(20)24)32-15-21(22)26(38)33-16-25(30)29(4,5)40/h6-7,10-11,14-15,17,19,25,40H,8-9,13,16H2,1-5H3,(H,32,36)(H,33,38)(H,34,39)/t17-,19-,25-/m1/s1. The van der Waals surface area contributed by atoms with Gasteiger partial charge in [0, 0.05) is 24.2 Å². The molecule has 0 aromatic carbocycles.